The van der Waals surface area contributed by atoms with Crippen LogP contribution in [0.2, 0.25) is 0 Å². The first-order valence-electron chi connectivity index (χ1n) is 16.7. The first kappa shape index (κ1) is 36.0. The topological polar surface area (TPSA) is 83.8 Å². The lowest BCUT2D eigenvalue weighted by Gasteiger charge is -2.13. The predicted octanol–water partition coefficient (Wildman–Crippen LogP) is 10.3. The summed E-state index contributed by atoms with van der Waals surface area (Å²) in [5.41, 5.74) is 2.92. The van der Waals surface area contributed by atoms with Crippen LogP contribution in [0.25, 0.3) is 0 Å². The van der Waals surface area contributed by atoms with E-state index in [-0.39, 0.29) is 0 Å². The molecule has 1 aromatic carbocycles. The number of carbonyl (C=O) groups is 2. The quantitative estimate of drug-likeness (QED) is 0.0952. The molecule has 1 aromatic rings. The molecule has 2 N–H and O–H groups in total. The summed E-state index contributed by atoms with van der Waals surface area (Å²) in [6, 6.07) is 6.76. The maximum Gasteiger partial charge on any atom is 0.303 e. The fourth-order valence-corrected chi connectivity index (χ4v) is 5.37. The van der Waals surface area contributed by atoms with Crippen molar-refractivity contribution in [1.29, 1.82) is 0 Å². The number of carboxylic acids is 2. The van der Waals surface area contributed by atoms with Gasteiger partial charge in [-0.25, -0.2) is 0 Å². The molecule has 0 amide bonds. The van der Waals surface area contributed by atoms with Gasteiger partial charge in [0.2, 0.25) is 0 Å². The Morgan fingerprint density at radius 3 is 1.48 bits per heavy atom. The van der Waals surface area contributed by atoms with Crippen molar-refractivity contribution in [2.45, 2.75) is 167 Å². The van der Waals surface area contributed by atoms with Gasteiger partial charge in [0.05, 0.1) is 6.61 Å². The first-order valence-corrected chi connectivity index (χ1v) is 16.7. The molecule has 0 bridgehead atoms. The van der Waals surface area contributed by atoms with Crippen molar-refractivity contribution < 1.29 is 24.5 Å². The van der Waals surface area contributed by atoms with Gasteiger partial charge >= 0.3 is 11.9 Å². The average molecular weight is 561 g/mol. The Hall–Kier alpha value is -2.04. The second-order valence-corrected chi connectivity index (χ2v) is 11.6. The minimum Gasteiger partial charge on any atom is -0.494 e. The number of hydrogen-bond donors (Lipinski definition) is 2. The van der Waals surface area contributed by atoms with Gasteiger partial charge in [-0.3, -0.25) is 9.59 Å². The molecule has 0 heterocycles. The molecule has 0 saturated heterocycles. The number of hydrogen-bond acceptors (Lipinski definition) is 3. The Morgan fingerprint density at radius 2 is 0.975 bits per heavy atom. The highest BCUT2D eigenvalue weighted by Crippen LogP contribution is 2.23. The fourth-order valence-electron chi connectivity index (χ4n) is 5.37. The van der Waals surface area contributed by atoms with E-state index in [2.05, 4.69) is 25.1 Å². The molecule has 0 aliphatic heterocycles. The molecule has 5 heteroatoms. The maximum absolute atomic E-state index is 10.6. The van der Waals surface area contributed by atoms with Crippen LogP contribution in [0.1, 0.15) is 166 Å². The second-order valence-electron chi connectivity index (χ2n) is 11.6. The summed E-state index contributed by atoms with van der Waals surface area (Å²) in [7, 11) is 0. The van der Waals surface area contributed by atoms with Gasteiger partial charge < -0.3 is 14.9 Å². The third kappa shape index (κ3) is 21.7. The van der Waals surface area contributed by atoms with Crippen molar-refractivity contribution in [1.82, 2.24) is 0 Å². The molecule has 230 valence electrons. The summed E-state index contributed by atoms with van der Waals surface area (Å²) < 4.78 is 6.15. The number of benzene rings is 1. The molecular formula is C35H60O5. The van der Waals surface area contributed by atoms with Gasteiger partial charge in [-0.15, -0.1) is 0 Å². The van der Waals surface area contributed by atoms with Gasteiger partial charge in [0.15, 0.2) is 0 Å². The zero-order valence-corrected chi connectivity index (χ0v) is 25.7. The van der Waals surface area contributed by atoms with E-state index in [1.54, 1.807) is 0 Å². The highest BCUT2D eigenvalue weighted by molar-refractivity contribution is 5.66. The molecule has 0 fully saturated rings. The smallest absolute Gasteiger partial charge is 0.303 e. The highest BCUT2D eigenvalue weighted by atomic mass is 16.5. The summed E-state index contributed by atoms with van der Waals surface area (Å²) in [5.74, 6) is -0.347. The van der Waals surface area contributed by atoms with Crippen LogP contribution in [0.15, 0.2) is 18.2 Å². The van der Waals surface area contributed by atoms with E-state index in [4.69, 9.17) is 14.9 Å². The molecule has 1 rings (SSSR count). The van der Waals surface area contributed by atoms with Crippen molar-refractivity contribution in [2.24, 2.45) is 0 Å². The number of aliphatic carboxylic acids is 2. The van der Waals surface area contributed by atoms with E-state index in [0.717, 1.165) is 70.1 Å². The lowest BCUT2D eigenvalue weighted by Crippen LogP contribution is -2.01. The third-order valence-corrected chi connectivity index (χ3v) is 7.87. The van der Waals surface area contributed by atoms with Crippen molar-refractivity contribution in [3.63, 3.8) is 0 Å². The highest BCUT2D eigenvalue weighted by Gasteiger charge is 2.07. The number of aryl methyl sites for hydroxylation is 2. The van der Waals surface area contributed by atoms with Gasteiger partial charge in [-0.1, -0.05) is 116 Å². The van der Waals surface area contributed by atoms with E-state index in [0.29, 0.717) is 12.8 Å². The van der Waals surface area contributed by atoms with Crippen LogP contribution in [-0.2, 0) is 22.4 Å². The average Bonchev–Trinajstić information content (AvgIpc) is 2.93. The number of rotatable bonds is 29. The number of carboxylic acid groups (broad SMARTS) is 2. The lowest BCUT2D eigenvalue weighted by atomic mass is 9.96. The summed E-state index contributed by atoms with van der Waals surface area (Å²) >= 11 is 0. The lowest BCUT2D eigenvalue weighted by molar-refractivity contribution is -0.138. The Balaban J connectivity index is 2.40. The van der Waals surface area contributed by atoms with E-state index in [9.17, 15) is 9.59 Å². The molecule has 40 heavy (non-hydrogen) atoms. The Bertz CT molecular complexity index is 760. The second kappa shape index (κ2) is 25.9. The zero-order chi connectivity index (χ0) is 29.1. The molecule has 0 saturated carbocycles. The van der Waals surface area contributed by atoms with Crippen molar-refractivity contribution >= 4 is 11.9 Å². The van der Waals surface area contributed by atoms with Gasteiger partial charge in [0.1, 0.15) is 5.75 Å². The Morgan fingerprint density at radius 1 is 0.550 bits per heavy atom. The zero-order valence-electron chi connectivity index (χ0n) is 25.7. The van der Waals surface area contributed by atoms with Crippen LogP contribution < -0.4 is 4.74 Å². The normalized spacial score (nSPS) is 11.1. The van der Waals surface area contributed by atoms with Crippen molar-refractivity contribution in [3.8, 4) is 5.75 Å². The van der Waals surface area contributed by atoms with Crippen LogP contribution in [0.5, 0.6) is 5.75 Å². The molecule has 0 aliphatic rings. The molecule has 0 aromatic heterocycles. The summed E-state index contributed by atoms with van der Waals surface area (Å²) in [4.78, 5) is 21.2. The molecular weight excluding hydrogens is 500 g/mol. The fraction of sp³-hybridized carbons (Fsp3) is 0.771. The van der Waals surface area contributed by atoms with E-state index in [1.807, 2.05) is 0 Å². The van der Waals surface area contributed by atoms with Crippen LogP contribution in [0.4, 0.5) is 0 Å². The molecule has 0 spiro atoms. The largest absolute Gasteiger partial charge is 0.494 e. The maximum atomic E-state index is 10.6. The number of ether oxygens (including phenoxy) is 1. The third-order valence-electron chi connectivity index (χ3n) is 7.87. The van der Waals surface area contributed by atoms with Crippen LogP contribution in [0, 0.1) is 0 Å². The first-order chi connectivity index (χ1) is 19.5. The van der Waals surface area contributed by atoms with Crippen LogP contribution >= 0.6 is 0 Å². The summed E-state index contributed by atoms with van der Waals surface area (Å²) in [6.45, 7) is 3.07. The minimum atomic E-state index is -0.683. The Kier molecular flexibility index (Phi) is 23.3. The molecule has 5 nitrogen and oxygen atoms in total. The number of unbranched alkanes of at least 4 members (excludes halogenated alkanes) is 18. The van der Waals surface area contributed by atoms with Crippen LogP contribution in [0.3, 0.4) is 0 Å². The summed E-state index contributed by atoms with van der Waals surface area (Å²) in [6.07, 6.45) is 27.5. The van der Waals surface area contributed by atoms with Crippen molar-refractivity contribution in [2.75, 3.05) is 6.61 Å². The van der Waals surface area contributed by atoms with Gasteiger partial charge in [-0.2, -0.15) is 0 Å². The predicted molar refractivity (Wildman–Crippen MR) is 166 cm³/mol. The minimum absolute atomic E-state index is 0.299. The summed E-state index contributed by atoms with van der Waals surface area (Å²) in [5, 5.41) is 17.5. The SMILES string of the molecule is CCCCCCCCCOc1ccc(CCCCCCCCCC(=O)O)c(CCCCCCCCCC(=O)O)c1. The monoisotopic (exact) mass is 560 g/mol. The van der Waals surface area contributed by atoms with Gasteiger partial charge in [0, 0.05) is 12.8 Å². The molecule has 0 aliphatic carbocycles. The van der Waals surface area contributed by atoms with E-state index >= 15 is 0 Å². The molecule has 0 atom stereocenters. The van der Waals surface area contributed by atoms with E-state index < -0.39 is 11.9 Å². The molecule has 0 unspecified atom stereocenters. The van der Waals surface area contributed by atoms with E-state index in [1.165, 1.54) is 101 Å². The van der Waals surface area contributed by atoms with Crippen molar-refractivity contribution in [3.05, 3.63) is 29.3 Å². The van der Waals surface area contributed by atoms with Gasteiger partial charge in [-0.05, 0) is 68.2 Å². The molecule has 0 radical (unpaired) electrons. The van der Waals surface area contributed by atoms with Crippen LogP contribution in [-0.4, -0.2) is 28.8 Å². The standard InChI is InChI=1S/C35H60O5/c1-2-3-4-5-12-17-22-29-40-33-28-27-31(23-18-13-8-6-10-15-20-25-34(36)37)32(30-33)24-19-14-9-7-11-16-21-26-35(38)39/h27-28,30H,2-26,29H2,1H3,(H,36,37)(H,38,39). The Labute approximate surface area is 245 Å². The van der Waals surface area contributed by atoms with Gasteiger partial charge in [0.25, 0.3) is 0 Å².